The lowest BCUT2D eigenvalue weighted by atomic mass is 9.92. The number of amides is 1. The summed E-state index contributed by atoms with van der Waals surface area (Å²) in [6.45, 7) is 6.21. The van der Waals surface area contributed by atoms with E-state index in [9.17, 15) is 4.79 Å². The molecule has 1 amide bonds. The Bertz CT molecular complexity index is 909. The van der Waals surface area contributed by atoms with E-state index < -0.39 is 0 Å². The van der Waals surface area contributed by atoms with Crippen molar-refractivity contribution in [2.45, 2.75) is 26.2 Å². The van der Waals surface area contributed by atoms with Crippen LogP contribution < -0.4 is 10.1 Å². The molecule has 5 nitrogen and oxygen atoms in total. The maximum absolute atomic E-state index is 12.6. The van der Waals surface area contributed by atoms with Crippen molar-refractivity contribution in [1.82, 2.24) is 9.78 Å². The molecule has 26 heavy (non-hydrogen) atoms. The van der Waals surface area contributed by atoms with Gasteiger partial charge in [-0.05, 0) is 30.3 Å². The van der Waals surface area contributed by atoms with Crippen molar-refractivity contribution in [2.75, 3.05) is 5.32 Å². The molecule has 3 rings (SSSR count). The van der Waals surface area contributed by atoms with Gasteiger partial charge in [-0.25, -0.2) is 0 Å². The molecule has 0 spiro atoms. The minimum absolute atomic E-state index is 0.111. The predicted molar refractivity (Wildman–Crippen MR) is 103 cm³/mol. The molecule has 5 heteroatoms. The number of ether oxygens (including phenoxy) is 1. The van der Waals surface area contributed by atoms with Gasteiger partial charge in [-0.3, -0.25) is 9.48 Å². The fourth-order valence-electron chi connectivity index (χ4n) is 2.50. The van der Waals surface area contributed by atoms with Gasteiger partial charge in [0, 0.05) is 24.2 Å². The standard InChI is InChI=1S/C21H23N3O2/c1-21(2,3)19-14-18(24(4)23-19)20(25)22-15-9-8-12-17(13-15)26-16-10-6-5-7-11-16/h5-14H,1-4H3,(H,22,25). The summed E-state index contributed by atoms with van der Waals surface area (Å²) in [5.74, 6) is 1.21. The highest BCUT2D eigenvalue weighted by Gasteiger charge is 2.21. The fraction of sp³-hybridized carbons (Fsp3) is 0.238. The van der Waals surface area contributed by atoms with E-state index >= 15 is 0 Å². The number of hydrogen-bond acceptors (Lipinski definition) is 3. The summed E-state index contributed by atoms with van der Waals surface area (Å²) in [5, 5.41) is 7.36. The normalized spacial score (nSPS) is 11.2. The molecule has 1 heterocycles. The second-order valence-corrected chi connectivity index (χ2v) is 7.19. The Morgan fingerprint density at radius 2 is 1.69 bits per heavy atom. The lowest BCUT2D eigenvalue weighted by Crippen LogP contribution is -2.16. The maximum Gasteiger partial charge on any atom is 0.273 e. The molecule has 0 radical (unpaired) electrons. The number of benzene rings is 2. The van der Waals surface area contributed by atoms with Crippen LogP contribution in [0.3, 0.4) is 0 Å². The van der Waals surface area contributed by atoms with E-state index in [-0.39, 0.29) is 11.3 Å². The van der Waals surface area contributed by atoms with Crippen LogP contribution in [-0.2, 0) is 12.5 Å². The maximum atomic E-state index is 12.6. The van der Waals surface area contributed by atoms with E-state index in [1.165, 1.54) is 0 Å². The zero-order chi connectivity index (χ0) is 18.7. The van der Waals surface area contributed by atoms with Gasteiger partial charge in [0.05, 0.1) is 5.69 Å². The number of nitrogens with zero attached hydrogens (tertiary/aromatic N) is 2. The third-order valence-electron chi connectivity index (χ3n) is 3.95. The first-order valence-corrected chi connectivity index (χ1v) is 8.52. The fourth-order valence-corrected chi connectivity index (χ4v) is 2.50. The number of hydrogen-bond donors (Lipinski definition) is 1. The first-order chi connectivity index (χ1) is 12.3. The van der Waals surface area contributed by atoms with Crippen LogP contribution in [0.5, 0.6) is 11.5 Å². The van der Waals surface area contributed by atoms with E-state index in [1.54, 1.807) is 17.8 Å². The predicted octanol–water partition coefficient (Wildman–Crippen LogP) is 4.76. The minimum Gasteiger partial charge on any atom is -0.457 e. The smallest absolute Gasteiger partial charge is 0.273 e. The molecule has 0 saturated carbocycles. The summed E-state index contributed by atoms with van der Waals surface area (Å²) in [7, 11) is 1.78. The van der Waals surface area contributed by atoms with Crippen molar-refractivity contribution in [3.8, 4) is 11.5 Å². The summed E-state index contributed by atoms with van der Waals surface area (Å²) in [6.07, 6.45) is 0. The van der Waals surface area contributed by atoms with E-state index in [0.717, 1.165) is 11.4 Å². The average molecular weight is 349 g/mol. The molecular weight excluding hydrogens is 326 g/mol. The van der Waals surface area contributed by atoms with Crippen LogP contribution in [0.25, 0.3) is 0 Å². The minimum atomic E-state index is -0.202. The summed E-state index contributed by atoms with van der Waals surface area (Å²) in [4.78, 5) is 12.6. The molecule has 0 aliphatic carbocycles. The third-order valence-corrected chi connectivity index (χ3v) is 3.95. The molecule has 0 fully saturated rings. The van der Waals surface area contributed by atoms with Gasteiger partial charge in [-0.1, -0.05) is 45.0 Å². The van der Waals surface area contributed by atoms with Crippen LogP contribution in [0.15, 0.2) is 60.7 Å². The van der Waals surface area contributed by atoms with E-state index in [4.69, 9.17) is 4.74 Å². The van der Waals surface area contributed by atoms with Gasteiger partial charge in [0.1, 0.15) is 17.2 Å². The number of rotatable bonds is 4. The van der Waals surface area contributed by atoms with Gasteiger partial charge in [0.15, 0.2) is 0 Å². The molecule has 0 aliphatic rings. The third kappa shape index (κ3) is 4.11. The van der Waals surface area contributed by atoms with Crippen molar-refractivity contribution in [1.29, 1.82) is 0 Å². The quantitative estimate of drug-likeness (QED) is 0.739. The van der Waals surface area contributed by atoms with Gasteiger partial charge in [0.2, 0.25) is 0 Å². The molecule has 3 aromatic rings. The molecular formula is C21H23N3O2. The van der Waals surface area contributed by atoms with Crippen LogP contribution in [0.1, 0.15) is 37.0 Å². The molecule has 1 aromatic heterocycles. The second kappa shape index (κ2) is 7.04. The molecule has 134 valence electrons. The van der Waals surface area contributed by atoms with Crippen molar-refractivity contribution in [3.05, 3.63) is 72.1 Å². The van der Waals surface area contributed by atoms with Crippen LogP contribution in [0, 0.1) is 0 Å². The topological polar surface area (TPSA) is 56.2 Å². The second-order valence-electron chi connectivity index (χ2n) is 7.19. The number of carbonyl (C=O) groups is 1. The molecule has 2 aromatic carbocycles. The highest BCUT2D eigenvalue weighted by molar-refractivity contribution is 6.03. The Hall–Kier alpha value is -3.08. The van der Waals surface area contributed by atoms with Crippen LogP contribution in [-0.4, -0.2) is 15.7 Å². The lowest BCUT2D eigenvalue weighted by molar-refractivity contribution is 0.101. The highest BCUT2D eigenvalue weighted by Crippen LogP contribution is 2.25. The van der Waals surface area contributed by atoms with E-state index in [1.807, 2.05) is 54.6 Å². The van der Waals surface area contributed by atoms with E-state index in [0.29, 0.717) is 17.1 Å². The lowest BCUT2D eigenvalue weighted by Gasteiger charge is -2.13. The van der Waals surface area contributed by atoms with E-state index in [2.05, 4.69) is 31.2 Å². The number of para-hydroxylation sites is 1. The van der Waals surface area contributed by atoms with Crippen molar-refractivity contribution in [2.24, 2.45) is 7.05 Å². The Kier molecular flexibility index (Phi) is 4.80. The SMILES string of the molecule is Cn1nc(C(C)(C)C)cc1C(=O)Nc1cccc(Oc2ccccc2)c1. The zero-order valence-electron chi connectivity index (χ0n) is 15.5. The largest absolute Gasteiger partial charge is 0.457 e. The summed E-state index contributed by atoms with van der Waals surface area (Å²) < 4.78 is 7.42. The number of anilines is 1. The Balaban J connectivity index is 1.76. The van der Waals surface area contributed by atoms with Gasteiger partial charge >= 0.3 is 0 Å². The molecule has 1 N–H and O–H groups in total. The van der Waals surface area contributed by atoms with Crippen molar-refractivity contribution in [3.63, 3.8) is 0 Å². The Morgan fingerprint density at radius 1 is 1.00 bits per heavy atom. The molecule has 0 aliphatic heterocycles. The Labute approximate surface area is 153 Å². The van der Waals surface area contributed by atoms with Gasteiger partial charge < -0.3 is 10.1 Å². The van der Waals surface area contributed by atoms with Gasteiger partial charge in [0.25, 0.3) is 5.91 Å². The van der Waals surface area contributed by atoms with Gasteiger partial charge in [-0.2, -0.15) is 5.10 Å². The molecule has 0 saturated heterocycles. The zero-order valence-corrected chi connectivity index (χ0v) is 15.5. The summed E-state index contributed by atoms with van der Waals surface area (Å²) in [6, 6.07) is 18.7. The number of nitrogens with one attached hydrogen (secondary N) is 1. The monoisotopic (exact) mass is 349 g/mol. The average Bonchev–Trinajstić information content (AvgIpc) is 2.98. The summed E-state index contributed by atoms with van der Waals surface area (Å²) >= 11 is 0. The molecule has 0 unspecified atom stereocenters. The van der Waals surface area contributed by atoms with Crippen molar-refractivity contribution < 1.29 is 9.53 Å². The number of aryl methyl sites for hydroxylation is 1. The van der Waals surface area contributed by atoms with Crippen molar-refractivity contribution >= 4 is 11.6 Å². The summed E-state index contributed by atoms with van der Waals surface area (Å²) in [5.41, 5.74) is 1.96. The van der Waals surface area contributed by atoms with Crippen LogP contribution >= 0.6 is 0 Å². The first kappa shape index (κ1) is 17.7. The highest BCUT2D eigenvalue weighted by atomic mass is 16.5. The molecule has 0 atom stereocenters. The number of aromatic nitrogens is 2. The number of carbonyl (C=O) groups excluding carboxylic acids is 1. The Morgan fingerprint density at radius 3 is 2.35 bits per heavy atom. The van der Waals surface area contributed by atoms with Gasteiger partial charge in [-0.15, -0.1) is 0 Å². The first-order valence-electron chi connectivity index (χ1n) is 8.52. The van der Waals surface area contributed by atoms with Crippen LogP contribution in [0.4, 0.5) is 5.69 Å². The van der Waals surface area contributed by atoms with Crippen LogP contribution in [0.2, 0.25) is 0 Å². The molecule has 0 bridgehead atoms.